The van der Waals surface area contributed by atoms with Crippen LogP contribution in [0.2, 0.25) is 5.15 Å². The number of halogens is 1. The summed E-state index contributed by atoms with van der Waals surface area (Å²) in [6.07, 6.45) is 6.02. The topological polar surface area (TPSA) is 59.6 Å². The average Bonchev–Trinajstić information content (AvgIpc) is 2.51. The van der Waals surface area contributed by atoms with Gasteiger partial charge in [-0.2, -0.15) is 0 Å². The van der Waals surface area contributed by atoms with E-state index < -0.39 is 0 Å². The van der Waals surface area contributed by atoms with Crippen LogP contribution < -0.4 is 0 Å². The fourth-order valence-corrected chi connectivity index (χ4v) is 1.20. The van der Waals surface area contributed by atoms with Crippen molar-refractivity contribution in [1.82, 2.24) is 14.4 Å². The molecule has 0 saturated heterocycles. The Hall–Kier alpha value is -1.71. The molecule has 0 unspecified atom stereocenters. The van der Waals surface area contributed by atoms with Crippen molar-refractivity contribution in [3.05, 3.63) is 23.7 Å². The van der Waals surface area contributed by atoms with Gasteiger partial charge < -0.3 is 0 Å². The van der Waals surface area contributed by atoms with E-state index in [1.807, 2.05) is 0 Å². The number of isocyanates is 1. The summed E-state index contributed by atoms with van der Waals surface area (Å²) in [5.74, 6) is 0.245. The van der Waals surface area contributed by atoms with Gasteiger partial charge in [-0.25, -0.2) is 14.8 Å². The highest BCUT2D eigenvalue weighted by Gasteiger charge is 2.04. The highest BCUT2D eigenvalue weighted by molar-refractivity contribution is 6.32. The summed E-state index contributed by atoms with van der Waals surface area (Å²) in [6.45, 7) is 0. The molecule has 2 heterocycles. The lowest BCUT2D eigenvalue weighted by Gasteiger charge is -1.94. The Balaban J connectivity index is 2.82. The zero-order valence-corrected chi connectivity index (χ0v) is 7.06. The summed E-state index contributed by atoms with van der Waals surface area (Å²) in [5.41, 5.74) is 0.609. The van der Waals surface area contributed by atoms with Gasteiger partial charge in [0, 0.05) is 12.4 Å². The Morgan fingerprint density at radius 2 is 2.38 bits per heavy atom. The van der Waals surface area contributed by atoms with Crippen LogP contribution in [0, 0.1) is 0 Å². The van der Waals surface area contributed by atoms with Gasteiger partial charge in [-0.3, -0.25) is 4.40 Å². The van der Waals surface area contributed by atoms with E-state index in [4.69, 9.17) is 11.6 Å². The van der Waals surface area contributed by atoms with Crippen molar-refractivity contribution < 1.29 is 4.79 Å². The maximum absolute atomic E-state index is 10.0. The van der Waals surface area contributed by atoms with Gasteiger partial charge in [0.2, 0.25) is 12.0 Å². The number of rotatable bonds is 1. The SMILES string of the molecule is O=C=Nc1ncc2c(Cl)nccn12. The highest BCUT2D eigenvalue weighted by Crippen LogP contribution is 2.18. The summed E-state index contributed by atoms with van der Waals surface area (Å²) in [5, 5.41) is 0.322. The summed E-state index contributed by atoms with van der Waals surface area (Å²) >= 11 is 5.76. The number of fused-ring (bicyclic) bond motifs is 1. The molecule has 2 aromatic heterocycles. The van der Waals surface area contributed by atoms with Gasteiger partial charge in [-0.05, 0) is 0 Å². The standard InChI is InChI=1S/C7H3ClN4O/c8-6-5-3-10-7(11-4-13)12(5)2-1-9-6/h1-3H. The summed E-state index contributed by atoms with van der Waals surface area (Å²) < 4.78 is 1.56. The lowest BCUT2D eigenvalue weighted by atomic mass is 10.6. The molecule has 64 valence electrons. The van der Waals surface area contributed by atoms with Gasteiger partial charge in [0.1, 0.15) is 5.52 Å². The lowest BCUT2D eigenvalue weighted by Crippen LogP contribution is -1.85. The number of nitrogens with zero attached hydrogens (tertiary/aromatic N) is 4. The van der Waals surface area contributed by atoms with Crippen LogP contribution in [0.1, 0.15) is 0 Å². The van der Waals surface area contributed by atoms with Crippen LogP contribution in [0.25, 0.3) is 5.52 Å². The minimum atomic E-state index is 0.245. The van der Waals surface area contributed by atoms with E-state index >= 15 is 0 Å². The maximum Gasteiger partial charge on any atom is 0.245 e. The monoisotopic (exact) mass is 194 g/mol. The van der Waals surface area contributed by atoms with Gasteiger partial charge >= 0.3 is 0 Å². The van der Waals surface area contributed by atoms with Gasteiger partial charge in [0.05, 0.1) is 6.20 Å². The van der Waals surface area contributed by atoms with E-state index in [-0.39, 0.29) is 5.95 Å². The second-order valence-corrected chi connectivity index (χ2v) is 2.59. The van der Waals surface area contributed by atoms with Crippen molar-refractivity contribution in [2.45, 2.75) is 0 Å². The molecule has 2 aromatic rings. The molecule has 6 heteroatoms. The van der Waals surface area contributed by atoms with E-state index in [1.165, 1.54) is 18.5 Å². The van der Waals surface area contributed by atoms with E-state index in [2.05, 4.69) is 15.0 Å². The van der Waals surface area contributed by atoms with Crippen LogP contribution in [-0.4, -0.2) is 20.4 Å². The second-order valence-electron chi connectivity index (χ2n) is 2.23. The smallest absolute Gasteiger partial charge is 0.245 e. The van der Waals surface area contributed by atoms with Gasteiger partial charge in [0.25, 0.3) is 0 Å². The molecule has 2 rings (SSSR count). The number of imidazole rings is 1. The second kappa shape index (κ2) is 2.97. The highest BCUT2D eigenvalue weighted by atomic mass is 35.5. The zero-order chi connectivity index (χ0) is 9.26. The first-order valence-corrected chi connectivity index (χ1v) is 3.76. The Morgan fingerprint density at radius 3 is 3.15 bits per heavy atom. The van der Waals surface area contributed by atoms with E-state index in [9.17, 15) is 4.79 Å². The molecule has 0 saturated carbocycles. The van der Waals surface area contributed by atoms with Gasteiger partial charge in [-0.1, -0.05) is 11.6 Å². The fourth-order valence-electron chi connectivity index (χ4n) is 1.01. The third-order valence-corrected chi connectivity index (χ3v) is 1.83. The quantitative estimate of drug-likeness (QED) is 0.509. The summed E-state index contributed by atoms with van der Waals surface area (Å²) in [6, 6.07) is 0. The zero-order valence-electron chi connectivity index (χ0n) is 6.31. The summed E-state index contributed by atoms with van der Waals surface area (Å²) in [7, 11) is 0. The van der Waals surface area contributed by atoms with Gasteiger partial charge in [0.15, 0.2) is 5.15 Å². The van der Waals surface area contributed by atoms with Crippen LogP contribution in [0.5, 0.6) is 0 Å². The third-order valence-electron chi connectivity index (χ3n) is 1.54. The normalized spacial score (nSPS) is 9.92. The van der Waals surface area contributed by atoms with Crippen LogP contribution in [0.15, 0.2) is 23.6 Å². The molecule has 0 aliphatic carbocycles. The maximum atomic E-state index is 10.0. The molecule has 0 radical (unpaired) electrons. The Morgan fingerprint density at radius 1 is 1.54 bits per heavy atom. The Bertz CT molecular complexity index is 500. The average molecular weight is 195 g/mol. The van der Waals surface area contributed by atoms with Gasteiger partial charge in [-0.15, -0.1) is 4.99 Å². The number of hydrogen-bond donors (Lipinski definition) is 0. The van der Waals surface area contributed by atoms with Crippen molar-refractivity contribution in [3.63, 3.8) is 0 Å². The molecular weight excluding hydrogens is 192 g/mol. The molecule has 5 nitrogen and oxygen atoms in total. The van der Waals surface area contributed by atoms with Crippen LogP contribution in [0.3, 0.4) is 0 Å². The van der Waals surface area contributed by atoms with Crippen molar-refractivity contribution in [1.29, 1.82) is 0 Å². The van der Waals surface area contributed by atoms with Crippen molar-refractivity contribution in [3.8, 4) is 0 Å². The van der Waals surface area contributed by atoms with Crippen LogP contribution in [-0.2, 0) is 4.79 Å². The number of carbonyl (C=O) groups excluding carboxylic acids is 1. The van der Waals surface area contributed by atoms with E-state index in [0.29, 0.717) is 10.7 Å². The minimum absolute atomic E-state index is 0.245. The fraction of sp³-hybridized carbons (Fsp3) is 0. The largest absolute Gasteiger partial charge is 0.279 e. The third kappa shape index (κ3) is 1.20. The van der Waals surface area contributed by atoms with E-state index in [1.54, 1.807) is 10.6 Å². The molecular formula is C7H3ClN4O. The Labute approximate surface area is 77.7 Å². The molecule has 0 aliphatic rings. The molecule has 0 atom stereocenters. The molecule has 0 fully saturated rings. The molecule has 0 spiro atoms. The predicted octanol–water partition coefficient (Wildman–Crippen LogP) is 1.35. The number of aliphatic imine (C=N–C) groups is 1. The van der Waals surface area contributed by atoms with Crippen LogP contribution >= 0.6 is 11.6 Å². The molecule has 0 N–H and O–H groups in total. The molecule has 0 aromatic carbocycles. The summed E-state index contributed by atoms with van der Waals surface area (Å²) in [4.78, 5) is 21.1. The first kappa shape index (κ1) is 7.91. The van der Waals surface area contributed by atoms with Crippen molar-refractivity contribution in [2.24, 2.45) is 4.99 Å². The molecule has 0 aliphatic heterocycles. The molecule has 13 heavy (non-hydrogen) atoms. The number of hydrogen-bond acceptors (Lipinski definition) is 4. The first-order valence-electron chi connectivity index (χ1n) is 3.38. The molecule has 0 amide bonds. The Kier molecular flexibility index (Phi) is 1.81. The minimum Gasteiger partial charge on any atom is -0.279 e. The first-order chi connectivity index (χ1) is 6.33. The number of aromatic nitrogens is 3. The molecule has 0 bridgehead atoms. The predicted molar refractivity (Wildman–Crippen MR) is 45.8 cm³/mol. The van der Waals surface area contributed by atoms with Crippen LogP contribution in [0.4, 0.5) is 5.95 Å². The lowest BCUT2D eigenvalue weighted by molar-refractivity contribution is 0.565. The van der Waals surface area contributed by atoms with Crippen molar-refractivity contribution >= 4 is 29.1 Å². The van der Waals surface area contributed by atoms with Crippen molar-refractivity contribution in [2.75, 3.05) is 0 Å². The van der Waals surface area contributed by atoms with E-state index in [0.717, 1.165) is 0 Å².